The minimum absolute atomic E-state index is 0.0622. The van der Waals surface area contributed by atoms with E-state index in [4.69, 9.17) is 5.73 Å². The number of nitrogens with two attached hydrogens (primary N) is 1. The number of carbonyl (C=O) groups excluding carboxylic acids is 1. The molecule has 3 N–H and O–H groups in total. The van der Waals surface area contributed by atoms with E-state index in [9.17, 15) is 20.0 Å². The second-order valence-corrected chi connectivity index (χ2v) is 5.77. The van der Waals surface area contributed by atoms with Crippen LogP contribution in [0.5, 0.6) is 0 Å². The van der Waals surface area contributed by atoms with Gasteiger partial charge in [0.1, 0.15) is 5.69 Å². The van der Waals surface area contributed by atoms with Gasteiger partial charge in [0.2, 0.25) is 0 Å². The molecule has 1 atom stereocenters. The standard InChI is InChI=1S/C18H21N3O4/c1-3-20(11-16(22)13-9-7-12(2)8-10-13)18(23)14-5-4-6-15(17(14)19)21(24)25/h4-10,16,22H,3,11,19H2,1-2H3. The SMILES string of the molecule is CCN(CC(O)c1ccc(C)cc1)C(=O)c1cccc([N+](=O)[O-])c1N. The lowest BCUT2D eigenvalue weighted by atomic mass is 10.1. The number of carbonyl (C=O) groups is 1. The highest BCUT2D eigenvalue weighted by Crippen LogP contribution is 2.26. The summed E-state index contributed by atoms with van der Waals surface area (Å²) in [6.45, 7) is 4.13. The number of para-hydroxylation sites is 1. The predicted octanol–water partition coefficient (Wildman–Crippen LogP) is 2.68. The number of amides is 1. The molecule has 25 heavy (non-hydrogen) atoms. The first-order chi connectivity index (χ1) is 11.8. The molecule has 2 aromatic rings. The molecule has 0 aliphatic rings. The van der Waals surface area contributed by atoms with E-state index in [1.54, 1.807) is 19.1 Å². The Kier molecular flexibility index (Phi) is 5.71. The molecule has 1 unspecified atom stereocenters. The van der Waals surface area contributed by atoms with E-state index in [1.807, 2.05) is 19.1 Å². The molecule has 0 aromatic heterocycles. The van der Waals surface area contributed by atoms with Crippen LogP contribution in [0.25, 0.3) is 0 Å². The molecule has 7 nitrogen and oxygen atoms in total. The molecule has 2 rings (SSSR count). The number of anilines is 1. The lowest BCUT2D eigenvalue weighted by molar-refractivity contribution is -0.383. The summed E-state index contributed by atoms with van der Waals surface area (Å²) in [6, 6.07) is 11.5. The van der Waals surface area contributed by atoms with Crippen LogP contribution in [0.15, 0.2) is 42.5 Å². The quantitative estimate of drug-likeness (QED) is 0.476. The zero-order valence-electron chi connectivity index (χ0n) is 14.2. The summed E-state index contributed by atoms with van der Waals surface area (Å²) in [4.78, 5) is 24.5. The number of nitrogen functional groups attached to an aromatic ring is 1. The smallest absolute Gasteiger partial charge is 0.292 e. The molecule has 132 valence electrons. The number of nitrogens with zero attached hydrogens (tertiary/aromatic N) is 2. The molecule has 0 bridgehead atoms. The molecule has 0 fully saturated rings. The third-order valence-corrected chi connectivity index (χ3v) is 4.03. The van der Waals surface area contributed by atoms with Gasteiger partial charge in [-0.25, -0.2) is 0 Å². The lowest BCUT2D eigenvalue weighted by Crippen LogP contribution is -2.35. The van der Waals surface area contributed by atoms with Gasteiger partial charge < -0.3 is 15.7 Å². The van der Waals surface area contributed by atoms with E-state index < -0.39 is 16.9 Å². The monoisotopic (exact) mass is 343 g/mol. The van der Waals surface area contributed by atoms with Gasteiger partial charge in [-0.2, -0.15) is 0 Å². The lowest BCUT2D eigenvalue weighted by Gasteiger charge is -2.24. The van der Waals surface area contributed by atoms with Crippen LogP contribution in [-0.4, -0.2) is 33.9 Å². The average Bonchev–Trinajstić information content (AvgIpc) is 2.59. The Morgan fingerprint density at radius 2 is 1.92 bits per heavy atom. The maximum atomic E-state index is 12.7. The minimum Gasteiger partial charge on any atom is -0.393 e. The Balaban J connectivity index is 2.23. The highest BCUT2D eigenvalue weighted by molar-refractivity contribution is 6.01. The Morgan fingerprint density at radius 1 is 1.28 bits per heavy atom. The van der Waals surface area contributed by atoms with Gasteiger partial charge in [-0.3, -0.25) is 14.9 Å². The summed E-state index contributed by atoms with van der Waals surface area (Å²) in [5.74, 6) is -0.449. The van der Waals surface area contributed by atoms with Crippen molar-refractivity contribution in [1.82, 2.24) is 4.90 Å². The zero-order chi connectivity index (χ0) is 18.6. The number of benzene rings is 2. The first-order valence-corrected chi connectivity index (χ1v) is 7.92. The maximum absolute atomic E-state index is 12.7. The first kappa shape index (κ1) is 18.4. The third-order valence-electron chi connectivity index (χ3n) is 4.03. The Labute approximate surface area is 145 Å². The van der Waals surface area contributed by atoms with Crippen LogP contribution < -0.4 is 5.73 Å². The van der Waals surface area contributed by atoms with Crippen LogP contribution in [-0.2, 0) is 0 Å². The van der Waals surface area contributed by atoms with Crippen molar-refractivity contribution in [1.29, 1.82) is 0 Å². The number of aryl methyl sites for hydroxylation is 1. The van der Waals surface area contributed by atoms with E-state index >= 15 is 0 Å². The van der Waals surface area contributed by atoms with Crippen molar-refractivity contribution in [2.75, 3.05) is 18.8 Å². The maximum Gasteiger partial charge on any atom is 0.292 e. The van der Waals surface area contributed by atoms with Gasteiger partial charge in [0.05, 0.1) is 23.1 Å². The van der Waals surface area contributed by atoms with Gasteiger partial charge in [0, 0.05) is 12.6 Å². The van der Waals surface area contributed by atoms with Crippen molar-refractivity contribution in [3.63, 3.8) is 0 Å². The Bertz CT molecular complexity index is 774. The van der Waals surface area contributed by atoms with Gasteiger partial charge in [-0.1, -0.05) is 35.9 Å². The number of hydrogen-bond donors (Lipinski definition) is 2. The van der Waals surface area contributed by atoms with Crippen molar-refractivity contribution in [2.24, 2.45) is 0 Å². The topological polar surface area (TPSA) is 110 Å². The number of aliphatic hydroxyl groups excluding tert-OH is 1. The van der Waals surface area contributed by atoms with Crippen LogP contribution in [0.2, 0.25) is 0 Å². The summed E-state index contributed by atoms with van der Waals surface area (Å²) < 4.78 is 0. The fourth-order valence-electron chi connectivity index (χ4n) is 2.53. The fourth-order valence-corrected chi connectivity index (χ4v) is 2.53. The highest BCUT2D eigenvalue weighted by Gasteiger charge is 2.24. The average molecular weight is 343 g/mol. The summed E-state index contributed by atoms with van der Waals surface area (Å²) >= 11 is 0. The van der Waals surface area contributed by atoms with Crippen molar-refractivity contribution >= 4 is 17.3 Å². The molecule has 7 heteroatoms. The van der Waals surface area contributed by atoms with Crippen molar-refractivity contribution in [2.45, 2.75) is 20.0 Å². The minimum atomic E-state index is -0.857. The van der Waals surface area contributed by atoms with Crippen molar-refractivity contribution in [3.05, 3.63) is 69.3 Å². The second kappa shape index (κ2) is 7.76. The molecule has 0 aliphatic carbocycles. The van der Waals surface area contributed by atoms with Crippen molar-refractivity contribution in [3.8, 4) is 0 Å². The molecule has 2 aromatic carbocycles. The second-order valence-electron chi connectivity index (χ2n) is 5.77. The summed E-state index contributed by atoms with van der Waals surface area (Å²) in [5, 5.41) is 21.4. The highest BCUT2D eigenvalue weighted by atomic mass is 16.6. The number of nitro groups is 1. The van der Waals surface area contributed by atoms with Gasteiger partial charge in [0.25, 0.3) is 11.6 Å². The zero-order valence-corrected chi connectivity index (χ0v) is 14.2. The van der Waals surface area contributed by atoms with E-state index in [0.717, 1.165) is 5.56 Å². The van der Waals surface area contributed by atoms with E-state index in [-0.39, 0.29) is 23.5 Å². The van der Waals surface area contributed by atoms with Crippen molar-refractivity contribution < 1.29 is 14.8 Å². The molecule has 1 amide bonds. The fraction of sp³-hybridized carbons (Fsp3) is 0.278. The van der Waals surface area contributed by atoms with Crippen LogP contribution in [0.3, 0.4) is 0 Å². The van der Waals surface area contributed by atoms with Crippen LogP contribution in [0.1, 0.15) is 34.5 Å². The van der Waals surface area contributed by atoms with Gasteiger partial charge in [-0.15, -0.1) is 0 Å². The molecular weight excluding hydrogens is 322 g/mol. The number of hydrogen-bond acceptors (Lipinski definition) is 5. The Hall–Kier alpha value is -2.93. The van der Waals surface area contributed by atoms with Crippen LogP contribution >= 0.6 is 0 Å². The molecule has 0 spiro atoms. The number of rotatable bonds is 6. The summed E-state index contributed by atoms with van der Waals surface area (Å²) in [7, 11) is 0. The molecular formula is C18H21N3O4. The number of likely N-dealkylation sites (N-methyl/N-ethyl adjacent to an activating group) is 1. The molecule has 0 aliphatic heterocycles. The largest absolute Gasteiger partial charge is 0.393 e. The summed E-state index contributed by atoms with van der Waals surface area (Å²) in [6.07, 6.45) is -0.857. The van der Waals surface area contributed by atoms with Crippen LogP contribution in [0.4, 0.5) is 11.4 Å². The van der Waals surface area contributed by atoms with Gasteiger partial charge in [-0.05, 0) is 25.5 Å². The molecule has 0 saturated heterocycles. The molecule has 0 radical (unpaired) electrons. The predicted molar refractivity (Wildman–Crippen MR) is 95.2 cm³/mol. The molecule has 0 saturated carbocycles. The van der Waals surface area contributed by atoms with Gasteiger partial charge >= 0.3 is 0 Å². The van der Waals surface area contributed by atoms with E-state index in [2.05, 4.69) is 0 Å². The summed E-state index contributed by atoms with van der Waals surface area (Å²) in [5.41, 5.74) is 7.15. The normalized spacial score (nSPS) is 11.8. The first-order valence-electron chi connectivity index (χ1n) is 7.92. The Morgan fingerprint density at radius 3 is 2.48 bits per heavy atom. The van der Waals surface area contributed by atoms with Crippen LogP contribution in [0, 0.1) is 17.0 Å². The van der Waals surface area contributed by atoms with E-state index in [0.29, 0.717) is 12.1 Å². The number of nitro benzene ring substituents is 1. The third kappa shape index (κ3) is 4.13. The van der Waals surface area contributed by atoms with Gasteiger partial charge in [0.15, 0.2) is 0 Å². The van der Waals surface area contributed by atoms with E-state index in [1.165, 1.54) is 23.1 Å². The molecule has 0 heterocycles. The number of aliphatic hydroxyl groups is 1.